The van der Waals surface area contributed by atoms with Crippen LogP contribution in [0.25, 0.3) is 0 Å². The van der Waals surface area contributed by atoms with Gasteiger partial charge in [-0.3, -0.25) is 23.4 Å². The summed E-state index contributed by atoms with van der Waals surface area (Å²) in [6.07, 6.45) is 31.1. The van der Waals surface area contributed by atoms with Gasteiger partial charge >= 0.3 is 25.7 Å². The van der Waals surface area contributed by atoms with Crippen LogP contribution in [-0.2, 0) is 37.5 Å². The lowest BCUT2D eigenvalue weighted by Gasteiger charge is -2.20. The van der Waals surface area contributed by atoms with E-state index in [0.29, 0.717) is 38.5 Å². The van der Waals surface area contributed by atoms with E-state index in [1.807, 2.05) is 30.4 Å². The Morgan fingerprint density at radius 3 is 1.66 bits per heavy atom. The Bertz CT molecular complexity index is 1130. The summed E-state index contributed by atoms with van der Waals surface area (Å²) in [5, 5.41) is 29.2. The van der Waals surface area contributed by atoms with Crippen LogP contribution >= 0.6 is 7.82 Å². The highest BCUT2D eigenvalue weighted by molar-refractivity contribution is 7.47. The average Bonchev–Trinajstić information content (AvgIpc) is 3.17. The van der Waals surface area contributed by atoms with Crippen molar-refractivity contribution in [3.8, 4) is 0 Å². The van der Waals surface area contributed by atoms with Crippen LogP contribution in [0.15, 0.2) is 36.5 Å². The van der Waals surface area contributed by atoms with Gasteiger partial charge in [0.25, 0.3) is 0 Å². The molecule has 0 saturated heterocycles. The smallest absolute Gasteiger partial charge is 0.472 e. The Morgan fingerprint density at radius 2 is 1.07 bits per heavy atom. The summed E-state index contributed by atoms with van der Waals surface area (Å²) >= 11 is 0. The van der Waals surface area contributed by atoms with Gasteiger partial charge in [-0.05, 0) is 51.4 Å². The SMILES string of the molecule is CCCCC/C=C/CC(O)C(O)C/C=C\C/C=C\CCCC(=O)OC(COC(=O)CCCCCCCCCCCCCCC)COP(=O)(O)OCC(N)C(=O)O. The summed E-state index contributed by atoms with van der Waals surface area (Å²) in [7, 11) is -4.76. The summed E-state index contributed by atoms with van der Waals surface area (Å²) in [6.45, 7) is 2.56. The number of carboxylic acid groups (broad SMARTS) is 1. The molecule has 0 bridgehead atoms. The molecule has 326 valence electrons. The largest absolute Gasteiger partial charge is 0.480 e. The predicted octanol–water partition coefficient (Wildman–Crippen LogP) is 8.78. The maximum atomic E-state index is 12.6. The first-order valence-electron chi connectivity index (χ1n) is 21.2. The number of carbonyl (C=O) groups is 3. The number of phosphoric ester groups is 1. The molecule has 0 spiro atoms. The van der Waals surface area contributed by atoms with Gasteiger partial charge in [0.05, 0.1) is 25.4 Å². The number of ether oxygens (including phenoxy) is 2. The molecule has 0 radical (unpaired) electrons. The number of rotatable bonds is 39. The molecule has 0 amide bonds. The van der Waals surface area contributed by atoms with Crippen LogP contribution in [0.2, 0.25) is 0 Å². The fourth-order valence-corrected chi connectivity index (χ4v) is 6.31. The molecule has 0 aliphatic carbocycles. The molecule has 0 saturated carbocycles. The number of hydrogen-bond acceptors (Lipinski definition) is 11. The monoisotopic (exact) mass is 818 g/mol. The van der Waals surface area contributed by atoms with Crippen molar-refractivity contribution in [2.45, 2.75) is 192 Å². The number of aliphatic hydroxyl groups is 2. The minimum Gasteiger partial charge on any atom is -0.480 e. The van der Waals surface area contributed by atoms with Gasteiger partial charge in [-0.2, -0.15) is 0 Å². The van der Waals surface area contributed by atoms with Crippen LogP contribution in [0.3, 0.4) is 0 Å². The number of carbonyl (C=O) groups excluding carboxylic acids is 2. The van der Waals surface area contributed by atoms with Gasteiger partial charge in [0.1, 0.15) is 12.6 Å². The van der Waals surface area contributed by atoms with E-state index < -0.39 is 69.9 Å². The molecule has 56 heavy (non-hydrogen) atoms. The fraction of sp³-hybridized carbons (Fsp3) is 0.786. The zero-order valence-corrected chi connectivity index (χ0v) is 35.3. The van der Waals surface area contributed by atoms with Gasteiger partial charge in [-0.25, -0.2) is 4.57 Å². The van der Waals surface area contributed by atoms with Crippen LogP contribution in [0.4, 0.5) is 0 Å². The molecule has 6 N–H and O–H groups in total. The average molecular weight is 818 g/mol. The van der Waals surface area contributed by atoms with Crippen LogP contribution in [0, 0.1) is 0 Å². The third-order valence-corrected chi connectivity index (χ3v) is 10.0. The van der Waals surface area contributed by atoms with Crippen molar-refractivity contribution in [2.75, 3.05) is 19.8 Å². The normalized spacial score (nSPS) is 15.2. The van der Waals surface area contributed by atoms with E-state index >= 15 is 0 Å². The number of phosphoric acid groups is 1. The summed E-state index contributed by atoms with van der Waals surface area (Å²) in [5.74, 6) is -2.54. The lowest BCUT2D eigenvalue weighted by Crippen LogP contribution is -2.34. The first-order valence-corrected chi connectivity index (χ1v) is 22.7. The fourth-order valence-electron chi connectivity index (χ4n) is 5.54. The van der Waals surface area contributed by atoms with E-state index in [2.05, 4.69) is 24.4 Å². The lowest BCUT2D eigenvalue weighted by molar-refractivity contribution is -0.161. The minimum absolute atomic E-state index is 0.0292. The molecule has 0 rings (SSSR count). The van der Waals surface area contributed by atoms with E-state index in [1.165, 1.54) is 64.2 Å². The Morgan fingerprint density at radius 1 is 0.607 bits per heavy atom. The molecule has 13 nitrogen and oxygen atoms in total. The first kappa shape index (κ1) is 53.6. The molecule has 0 aromatic rings. The summed E-state index contributed by atoms with van der Waals surface area (Å²) in [6, 6.07) is -1.55. The van der Waals surface area contributed by atoms with Crippen LogP contribution in [-0.4, -0.2) is 82.3 Å². The molecule has 5 atom stereocenters. The molecule has 14 heteroatoms. The van der Waals surface area contributed by atoms with E-state index in [0.717, 1.165) is 38.5 Å². The molecule has 0 heterocycles. The Balaban J connectivity index is 4.58. The van der Waals surface area contributed by atoms with Gasteiger partial charge in [0.15, 0.2) is 6.10 Å². The van der Waals surface area contributed by atoms with Crippen molar-refractivity contribution in [2.24, 2.45) is 5.73 Å². The van der Waals surface area contributed by atoms with Gasteiger partial charge in [0.2, 0.25) is 0 Å². The Kier molecular flexibility index (Phi) is 35.4. The van der Waals surface area contributed by atoms with Crippen molar-refractivity contribution < 1.29 is 57.7 Å². The molecule has 0 aromatic heterocycles. The Labute approximate surface area is 337 Å². The molecular weight excluding hydrogens is 741 g/mol. The number of nitrogens with two attached hydrogens (primary N) is 1. The highest BCUT2D eigenvalue weighted by atomic mass is 31.2. The van der Waals surface area contributed by atoms with Crippen LogP contribution in [0.5, 0.6) is 0 Å². The first-order chi connectivity index (χ1) is 26.9. The van der Waals surface area contributed by atoms with Gasteiger partial charge in [0, 0.05) is 12.8 Å². The number of unbranched alkanes of at least 4 members (excludes halogenated alkanes) is 16. The number of carboxylic acids is 1. The molecule has 0 aromatic carbocycles. The zero-order valence-electron chi connectivity index (χ0n) is 34.4. The second kappa shape index (κ2) is 36.9. The van der Waals surface area contributed by atoms with Gasteiger partial charge < -0.3 is 35.4 Å². The van der Waals surface area contributed by atoms with E-state index in [9.17, 15) is 34.1 Å². The highest BCUT2D eigenvalue weighted by Gasteiger charge is 2.28. The maximum absolute atomic E-state index is 12.6. The standard InChI is InChI=1S/C42H76NO12P/c1-3-5-7-9-11-12-13-14-15-16-19-23-27-31-40(46)52-33-36(34-53-56(50,51)54-35-37(43)42(48)49)55-41(47)32-28-24-20-17-18-22-26-30-39(45)38(44)29-25-21-10-8-6-4-2/h17,20-22,25-26,36-39,44-45H,3-16,18-19,23-24,27-35,43H2,1-2H3,(H,48,49)(H,50,51)/b20-17-,25-21+,26-22-. The quantitative estimate of drug-likeness (QED) is 0.0170. The summed E-state index contributed by atoms with van der Waals surface area (Å²) in [5.41, 5.74) is 5.31. The predicted molar refractivity (Wildman–Crippen MR) is 220 cm³/mol. The number of aliphatic carboxylic acids is 1. The Hall–Kier alpha value is -2.38. The van der Waals surface area contributed by atoms with E-state index in [-0.39, 0.29) is 12.8 Å². The van der Waals surface area contributed by atoms with Crippen LogP contribution < -0.4 is 5.73 Å². The number of allylic oxidation sites excluding steroid dienone is 4. The van der Waals surface area contributed by atoms with Crippen LogP contribution in [0.1, 0.15) is 168 Å². The van der Waals surface area contributed by atoms with E-state index in [1.54, 1.807) is 0 Å². The molecular formula is C42H76NO12P. The number of aliphatic hydroxyl groups excluding tert-OH is 2. The third-order valence-electron chi connectivity index (χ3n) is 9.07. The zero-order chi connectivity index (χ0) is 41.7. The van der Waals surface area contributed by atoms with Gasteiger partial charge in [-0.1, -0.05) is 140 Å². The van der Waals surface area contributed by atoms with Crippen molar-refractivity contribution in [1.82, 2.24) is 0 Å². The molecule has 5 unspecified atom stereocenters. The topological polar surface area (TPSA) is 212 Å². The van der Waals surface area contributed by atoms with Crippen molar-refractivity contribution in [3.63, 3.8) is 0 Å². The molecule has 0 aliphatic heterocycles. The second-order valence-electron chi connectivity index (χ2n) is 14.4. The van der Waals surface area contributed by atoms with Crippen molar-refractivity contribution >= 4 is 25.7 Å². The summed E-state index contributed by atoms with van der Waals surface area (Å²) in [4.78, 5) is 45.9. The van der Waals surface area contributed by atoms with E-state index in [4.69, 9.17) is 24.8 Å². The lowest BCUT2D eigenvalue weighted by atomic mass is 10.0. The maximum Gasteiger partial charge on any atom is 0.472 e. The number of esters is 2. The molecule has 0 fully saturated rings. The van der Waals surface area contributed by atoms with Crippen molar-refractivity contribution in [1.29, 1.82) is 0 Å². The highest BCUT2D eigenvalue weighted by Crippen LogP contribution is 2.43. The number of hydrogen-bond donors (Lipinski definition) is 5. The minimum atomic E-state index is -4.76. The van der Waals surface area contributed by atoms with Gasteiger partial charge in [-0.15, -0.1) is 0 Å². The summed E-state index contributed by atoms with van der Waals surface area (Å²) < 4.78 is 32.5. The third kappa shape index (κ3) is 34.8. The van der Waals surface area contributed by atoms with Crippen molar-refractivity contribution in [3.05, 3.63) is 36.5 Å². The molecule has 0 aliphatic rings. The second-order valence-corrected chi connectivity index (χ2v) is 15.9.